The minimum atomic E-state index is -2.34. The molecule has 0 spiro atoms. The number of hydrogen-bond donors (Lipinski definition) is 4. The molecule has 0 fully saturated rings. The third-order valence-electron chi connectivity index (χ3n) is 1.26. The highest BCUT2D eigenvalue weighted by molar-refractivity contribution is 6.35. The Hall–Kier alpha value is -1.31. The summed E-state index contributed by atoms with van der Waals surface area (Å²) >= 11 is 0. The van der Waals surface area contributed by atoms with E-state index in [1.807, 2.05) is 0 Å². The van der Waals surface area contributed by atoms with Crippen molar-refractivity contribution in [1.82, 2.24) is 0 Å². The third-order valence-corrected chi connectivity index (χ3v) is 1.26. The number of carbonyl (C=O) groups is 3. The Kier molecular flexibility index (Phi) is 4.18. The molecule has 0 bridgehead atoms. The van der Waals surface area contributed by atoms with Gasteiger partial charge in [-0.25, -0.2) is 4.79 Å². The Bertz CT molecular complexity index is 233. The number of rotatable bonds is 5. The normalized spacial score (nSPS) is 14.7. The lowest BCUT2D eigenvalue weighted by Crippen LogP contribution is -2.43. The molecule has 0 aliphatic carbocycles. The van der Waals surface area contributed by atoms with Gasteiger partial charge in [0.15, 0.2) is 11.9 Å². The van der Waals surface area contributed by atoms with Crippen molar-refractivity contribution >= 4 is 17.5 Å². The highest BCUT2D eigenvalue weighted by atomic mass is 16.4. The Morgan fingerprint density at radius 3 is 1.85 bits per heavy atom. The van der Waals surface area contributed by atoms with E-state index in [-0.39, 0.29) is 0 Å². The number of hydrogen-bond acceptors (Lipinski definition) is 6. The van der Waals surface area contributed by atoms with Gasteiger partial charge in [-0.15, -0.1) is 0 Å². The molecule has 0 aromatic rings. The van der Waals surface area contributed by atoms with Crippen LogP contribution in [0.2, 0.25) is 0 Å². The molecular weight excluding hydrogens is 184 g/mol. The first-order chi connectivity index (χ1) is 5.91. The minimum Gasteiger partial charge on any atom is -0.475 e. The fourth-order valence-electron chi connectivity index (χ4n) is 0.540. The molecule has 74 valence electrons. The summed E-state index contributed by atoms with van der Waals surface area (Å²) in [5, 5.41) is 33.8. The molecule has 0 saturated carbocycles. The van der Waals surface area contributed by atoms with Gasteiger partial charge < -0.3 is 20.4 Å². The van der Waals surface area contributed by atoms with Gasteiger partial charge in [0.05, 0.1) is 0 Å². The van der Waals surface area contributed by atoms with Crippen molar-refractivity contribution in [3.63, 3.8) is 0 Å². The summed E-state index contributed by atoms with van der Waals surface area (Å²) in [5.41, 5.74) is 0. The second-order valence-corrected chi connectivity index (χ2v) is 2.18. The molecule has 0 aromatic heterocycles. The average Bonchev–Trinajstić information content (AvgIpc) is 2.12. The number of carboxylic acids is 1. The zero-order valence-corrected chi connectivity index (χ0v) is 6.38. The van der Waals surface area contributed by atoms with Crippen LogP contribution >= 0.6 is 0 Å². The van der Waals surface area contributed by atoms with Crippen LogP contribution in [0.1, 0.15) is 0 Å². The van der Waals surface area contributed by atoms with Crippen LogP contribution in [-0.4, -0.2) is 56.8 Å². The van der Waals surface area contributed by atoms with Crippen molar-refractivity contribution in [3.8, 4) is 0 Å². The van der Waals surface area contributed by atoms with Crippen molar-refractivity contribution in [2.24, 2.45) is 0 Å². The highest BCUT2D eigenvalue weighted by Crippen LogP contribution is 1.97. The molecule has 0 radical (unpaired) electrons. The number of carboxylic acid groups (broad SMARTS) is 1. The zero-order valence-electron chi connectivity index (χ0n) is 6.38. The standard InChI is InChI=1S/C6H8O7/c7-1-2(8)3(9)4(10)5(11)6(12)13/h3-4,7,9-10H,1H2,(H,12,13)/t3-,4-/m1/s1. The molecule has 0 saturated heterocycles. The van der Waals surface area contributed by atoms with Gasteiger partial charge in [-0.2, -0.15) is 0 Å². The summed E-state index contributed by atoms with van der Waals surface area (Å²) < 4.78 is 0. The maximum Gasteiger partial charge on any atom is 0.375 e. The number of aliphatic hydroxyl groups is 3. The zero-order chi connectivity index (χ0) is 10.6. The van der Waals surface area contributed by atoms with E-state index in [2.05, 4.69) is 0 Å². The number of aliphatic hydroxyl groups excluding tert-OH is 3. The first kappa shape index (κ1) is 11.7. The lowest BCUT2D eigenvalue weighted by molar-refractivity contribution is -0.158. The summed E-state index contributed by atoms with van der Waals surface area (Å²) in [5.74, 6) is -4.88. The SMILES string of the molecule is O=C(O)C(=O)[C@H](O)[C@H](O)C(=O)CO. The van der Waals surface area contributed by atoms with Gasteiger partial charge in [0, 0.05) is 0 Å². The van der Waals surface area contributed by atoms with Crippen LogP contribution < -0.4 is 0 Å². The fraction of sp³-hybridized carbons (Fsp3) is 0.500. The molecule has 0 aromatic carbocycles. The minimum absolute atomic E-state index is 1.08. The van der Waals surface area contributed by atoms with Gasteiger partial charge in [0.2, 0.25) is 0 Å². The summed E-state index contributed by atoms with van der Waals surface area (Å²) in [6.07, 6.45) is -4.54. The molecule has 0 heterocycles. The molecular formula is C6H8O7. The molecule has 0 amide bonds. The molecule has 0 aliphatic heterocycles. The lowest BCUT2D eigenvalue weighted by Gasteiger charge is -2.11. The van der Waals surface area contributed by atoms with Crippen LogP contribution in [-0.2, 0) is 14.4 Å². The molecule has 4 N–H and O–H groups in total. The summed E-state index contributed by atoms with van der Waals surface area (Å²) in [7, 11) is 0. The van der Waals surface area contributed by atoms with Crippen LogP contribution in [0.5, 0.6) is 0 Å². The molecule has 2 atom stereocenters. The van der Waals surface area contributed by atoms with E-state index in [9.17, 15) is 14.4 Å². The van der Waals surface area contributed by atoms with Gasteiger partial charge >= 0.3 is 5.97 Å². The van der Waals surface area contributed by atoms with E-state index in [1.165, 1.54) is 0 Å². The Balaban J connectivity index is 4.42. The second kappa shape index (κ2) is 4.65. The van der Waals surface area contributed by atoms with Crippen LogP contribution in [0.15, 0.2) is 0 Å². The Morgan fingerprint density at radius 2 is 1.54 bits per heavy atom. The van der Waals surface area contributed by atoms with Crippen LogP contribution in [0.3, 0.4) is 0 Å². The molecule has 13 heavy (non-hydrogen) atoms. The van der Waals surface area contributed by atoms with E-state index >= 15 is 0 Å². The highest BCUT2D eigenvalue weighted by Gasteiger charge is 2.33. The Labute approximate surface area is 72.2 Å². The van der Waals surface area contributed by atoms with Crippen molar-refractivity contribution < 1.29 is 34.8 Å². The monoisotopic (exact) mass is 192 g/mol. The number of aliphatic carboxylic acids is 1. The van der Waals surface area contributed by atoms with Crippen molar-refractivity contribution in [2.45, 2.75) is 12.2 Å². The van der Waals surface area contributed by atoms with Gasteiger partial charge in [-0.05, 0) is 0 Å². The first-order valence-corrected chi connectivity index (χ1v) is 3.18. The summed E-state index contributed by atoms with van der Waals surface area (Å²) in [4.78, 5) is 30.9. The number of Topliss-reactive ketones (excluding diaryl/α,β-unsaturated/α-hetero) is 2. The molecule has 0 unspecified atom stereocenters. The van der Waals surface area contributed by atoms with Crippen molar-refractivity contribution in [2.75, 3.05) is 6.61 Å². The second-order valence-electron chi connectivity index (χ2n) is 2.18. The van der Waals surface area contributed by atoms with Crippen LogP contribution in [0.25, 0.3) is 0 Å². The predicted octanol–water partition coefficient (Wildman–Crippen LogP) is -3.08. The first-order valence-electron chi connectivity index (χ1n) is 3.18. The smallest absolute Gasteiger partial charge is 0.375 e. The molecule has 0 rings (SSSR count). The van der Waals surface area contributed by atoms with Gasteiger partial charge in [0.1, 0.15) is 12.7 Å². The van der Waals surface area contributed by atoms with E-state index in [4.69, 9.17) is 20.4 Å². The largest absolute Gasteiger partial charge is 0.475 e. The third kappa shape index (κ3) is 2.90. The van der Waals surface area contributed by atoms with Crippen molar-refractivity contribution in [3.05, 3.63) is 0 Å². The van der Waals surface area contributed by atoms with E-state index in [0.717, 1.165) is 0 Å². The Morgan fingerprint density at radius 1 is 1.08 bits per heavy atom. The summed E-state index contributed by atoms with van der Waals surface area (Å²) in [6, 6.07) is 0. The van der Waals surface area contributed by atoms with Crippen LogP contribution in [0, 0.1) is 0 Å². The van der Waals surface area contributed by atoms with E-state index in [1.54, 1.807) is 0 Å². The topological polar surface area (TPSA) is 132 Å². The van der Waals surface area contributed by atoms with E-state index in [0.29, 0.717) is 0 Å². The van der Waals surface area contributed by atoms with Crippen molar-refractivity contribution in [1.29, 1.82) is 0 Å². The van der Waals surface area contributed by atoms with Gasteiger partial charge in [-0.3, -0.25) is 9.59 Å². The van der Waals surface area contributed by atoms with Crippen LogP contribution in [0.4, 0.5) is 0 Å². The van der Waals surface area contributed by atoms with E-state index < -0.39 is 36.4 Å². The number of ketones is 2. The maximum atomic E-state index is 10.5. The quantitative estimate of drug-likeness (QED) is 0.339. The molecule has 7 heteroatoms. The molecule has 0 aliphatic rings. The fourth-order valence-corrected chi connectivity index (χ4v) is 0.540. The summed E-state index contributed by atoms with van der Waals surface area (Å²) in [6.45, 7) is -1.08. The average molecular weight is 192 g/mol. The lowest BCUT2D eigenvalue weighted by atomic mass is 10.1. The van der Waals surface area contributed by atoms with Gasteiger partial charge in [-0.1, -0.05) is 0 Å². The predicted molar refractivity (Wildman–Crippen MR) is 36.7 cm³/mol. The maximum absolute atomic E-state index is 10.5. The molecule has 7 nitrogen and oxygen atoms in total. The van der Waals surface area contributed by atoms with Gasteiger partial charge in [0.25, 0.3) is 5.78 Å². The number of carbonyl (C=O) groups excluding carboxylic acids is 2.